The summed E-state index contributed by atoms with van der Waals surface area (Å²) in [6.07, 6.45) is 2.41. The topological polar surface area (TPSA) is 76.4 Å². The van der Waals surface area contributed by atoms with Gasteiger partial charge in [-0.15, -0.1) is 0 Å². The first-order chi connectivity index (χ1) is 8.55. The van der Waals surface area contributed by atoms with Gasteiger partial charge in [-0.05, 0) is 20.3 Å². The number of likely N-dealkylation sites (tertiary alicyclic amines) is 1. The average molecular weight is 267 g/mol. The monoisotopic (exact) mass is 267 g/mol. The van der Waals surface area contributed by atoms with Crippen molar-refractivity contribution >= 4 is 11.7 Å². The number of amides is 1. The van der Waals surface area contributed by atoms with Crippen LogP contribution in [0.5, 0.6) is 0 Å². The molecule has 0 aromatic carbocycles. The molecule has 5 heteroatoms. The van der Waals surface area contributed by atoms with Gasteiger partial charge in [0, 0.05) is 24.6 Å². The fraction of sp³-hybridized carbons (Fsp3) is 0.714. The fourth-order valence-corrected chi connectivity index (χ4v) is 1.68. The summed E-state index contributed by atoms with van der Waals surface area (Å²) in [6, 6.07) is 0. The quantitative estimate of drug-likeness (QED) is 0.416. The van der Waals surface area contributed by atoms with E-state index < -0.39 is 11.0 Å². The minimum Gasteiger partial charge on any atom is -0.512 e. The van der Waals surface area contributed by atoms with Crippen molar-refractivity contribution in [3.05, 3.63) is 11.8 Å². The summed E-state index contributed by atoms with van der Waals surface area (Å²) in [5, 5.41) is 20.1. The summed E-state index contributed by atoms with van der Waals surface area (Å²) in [5.74, 6) is -0.208. The Morgan fingerprint density at radius 2 is 1.79 bits per heavy atom. The molecule has 1 heterocycles. The molecule has 1 fully saturated rings. The lowest BCUT2D eigenvalue weighted by Crippen LogP contribution is -2.60. The largest absolute Gasteiger partial charge is 0.512 e. The lowest BCUT2D eigenvalue weighted by Gasteiger charge is -2.43. The van der Waals surface area contributed by atoms with Crippen LogP contribution in [0.25, 0.3) is 0 Å². The van der Waals surface area contributed by atoms with Crippen molar-refractivity contribution in [3.8, 4) is 0 Å². The van der Waals surface area contributed by atoms with Gasteiger partial charge in [-0.3, -0.25) is 15.1 Å². The van der Waals surface area contributed by atoms with E-state index in [4.69, 9.17) is 5.41 Å². The third-order valence-electron chi connectivity index (χ3n) is 3.50. The Morgan fingerprint density at radius 1 is 1.26 bits per heavy atom. The summed E-state index contributed by atoms with van der Waals surface area (Å²) in [7, 11) is 0. The van der Waals surface area contributed by atoms with Crippen LogP contribution in [0.15, 0.2) is 11.8 Å². The highest BCUT2D eigenvalue weighted by Crippen LogP contribution is 2.23. The first-order valence-electron chi connectivity index (χ1n) is 6.61. The maximum atomic E-state index is 12.1. The van der Waals surface area contributed by atoms with Crippen LogP contribution in [0.3, 0.4) is 0 Å². The molecule has 0 unspecified atom stereocenters. The number of carbonyl (C=O) groups is 1. The number of amidine groups is 1. The molecule has 0 saturated carbocycles. The van der Waals surface area contributed by atoms with Gasteiger partial charge in [0.25, 0.3) is 0 Å². The molecule has 0 atom stereocenters. The number of nitrogens with zero attached hydrogens (tertiary/aromatic N) is 1. The van der Waals surface area contributed by atoms with Gasteiger partial charge in [0.15, 0.2) is 0 Å². The molecule has 1 amide bonds. The van der Waals surface area contributed by atoms with Gasteiger partial charge in [0.05, 0.1) is 5.54 Å². The Labute approximate surface area is 115 Å². The maximum Gasteiger partial charge on any atom is 0.245 e. The van der Waals surface area contributed by atoms with Gasteiger partial charge in [0.1, 0.15) is 11.6 Å². The second-order valence-electron chi connectivity index (χ2n) is 6.55. The van der Waals surface area contributed by atoms with Crippen LogP contribution < -0.4 is 5.32 Å². The summed E-state index contributed by atoms with van der Waals surface area (Å²) in [5.41, 5.74) is -1.04. The molecule has 0 bridgehead atoms. The highest BCUT2D eigenvalue weighted by atomic mass is 16.3. The maximum absolute atomic E-state index is 12.1. The zero-order valence-corrected chi connectivity index (χ0v) is 12.5. The summed E-state index contributed by atoms with van der Waals surface area (Å²) >= 11 is 0. The van der Waals surface area contributed by atoms with E-state index in [1.165, 1.54) is 6.08 Å². The van der Waals surface area contributed by atoms with Crippen LogP contribution in [-0.4, -0.2) is 40.4 Å². The molecule has 1 aliphatic rings. The Kier molecular flexibility index (Phi) is 4.40. The van der Waals surface area contributed by atoms with Gasteiger partial charge in [-0.1, -0.05) is 20.8 Å². The number of aliphatic hydroxyl groups is 1. The van der Waals surface area contributed by atoms with Crippen LogP contribution in [0.1, 0.15) is 41.0 Å². The molecule has 1 rings (SSSR count). The first-order valence-corrected chi connectivity index (χ1v) is 6.61. The first kappa shape index (κ1) is 15.7. The third-order valence-corrected chi connectivity index (χ3v) is 3.50. The van der Waals surface area contributed by atoms with E-state index in [9.17, 15) is 9.90 Å². The number of hydrogen-bond acceptors (Lipinski definition) is 4. The second-order valence-corrected chi connectivity index (χ2v) is 6.55. The van der Waals surface area contributed by atoms with Crippen molar-refractivity contribution in [1.82, 2.24) is 10.2 Å². The summed E-state index contributed by atoms with van der Waals surface area (Å²) < 4.78 is 0. The van der Waals surface area contributed by atoms with Crippen molar-refractivity contribution in [2.75, 3.05) is 13.1 Å². The Bertz CT molecular complexity index is 401. The number of allylic oxidation sites excluding steroid dienone is 1. The molecule has 1 saturated heterocycles. The SMILES string of the molecule is CC(C)(C)/C(O)=C/C(=N)NC(=O)C(C)(C)N1CCC1. The molecular formula is C14H25N3O2. The molecule has 3 N–H and O–H groups in total. The molecule has 19 heavy (non-hydrogen) atoms. The van der Waals surface area contributed by atoms with Crippen molar-refractivity contribution in [3.63, 3.8) is 0 Å². The molecule has 0 aliphatic carbocycles. The minimum atomic E-state index is -0.615. The highest BCUT2D eigenvalue weighted by Gasteiger charge is 2.37. The van der Waals surface area contributed by atoms with Crippen molar-refractivity contribution < 1.29 is 9.90 Å². The molecule has 0 aromatic rings. The highest BCUT2D eigenvalue weighted by molar-refractivity contribution is 6.05. The number of carbonyl (C=O) groups excluding carboxylic acids is 1. The van der Waals surface area contributed by atoms with E-state index in [1.54, 1.807) is 0 Å². The van der Waals surface area contributed by atoms with Gasteiger partial charge in [0.2, 0.25) is 5.91 Å². The van der Waals surface area contributed by atoms with Crippen LogP contribution in [0.2, 0.25) is 0 Å². The molecule has 5 nitrogen and oxygen atoms in total. The number of nitrogens with one attached hydrogen (secondary N) is 2. The average Bonchev–Trinajstić information content (AvgIpc) is 2.11. The minimum absolute atomic E-state index is 0.0778. The summed E-state index contributed by atoms with van der Waals surface area (Å²) in [4.78, 5) is 14.2. The predicted octanol–water partition coefficient (Wildman–Crippen LogP) is 2.05. The Hall–Kier alpha value is -1.36. The van der Waals surface area contributed by atoms with E-state index >= 15 is 0 Å². The Morgan fingerprint density at radius 3 is 2.16 bits per heavy atom. The van der Waals surface area contributed by atoms with E-state index in [0.29, 0.717) is 0 Å². The van der Waals surface area contributed by atoms with E-state index in [0.717, 1.165) is 19.5 Å². The number of hydrogen-bond donors (Lipinski definition) is 3. The lowest BCUT2D eigenvalue weighted by atomic mass is 9.93. The normalized spacial score (nSPS) is 17.8. The predicted molar refractivity (Wildman–Crippen MR) is 76.3 cm³/mol. The standard InChI is InChI=1S/C14H25N3O2/c1-13(2,3)10(18)9-11(15)16-12(19)14(4,5)17-7-6-8-17/h9,18H,6-8H2,1-5H3,(H2,15,16,19)/b10-9-. The zero-order valence-electron chi connectivity index (χ0n) is 12.5. The van der Waals surface area contributed by atoms with E-state index in [-0.39, 0.29) is 17.5 Å². The van der Waals surface area contributed by atoms with Crippen LogP contribution in [0.4, 0.5) is 0 Å². The zero-order chi connectivity index (χ0) is 14.8. The van der Waals surface area contributed by atoms with E-state index in [2.05, 4.69) is 10.2 Å². The molecule has 1 aliphatic heterocycles. The van der Waals surface area contributed by atoms with Gasteiger partial charge >= 0.3 is 0 Å². The number of rotatable bonds is 3. The lowest BCUT2D eigenvalue weighted by molar-refractivity contribution is -0.132. The molecule has 108 valence electrons. The van der Waals surface area contributed by atoms with Gasteiger partial charge in [-0.2, -0.15) is 0 Å². The molecular weight excluding hydrogens is 242 g/mol. The Balaban J connectivity index is 2.64. The van der Waals surface area contributed by atoms with Crippen molar-refractivity contribution in [2.45, 2.75) is 46.6 Å². The second kappa shape index (κ2) is 5.33. The third kappa shape index (κ3) is 3.80. The van der Waals surface area contributed by atoms with Crippen LogP contribution in [0, 0.1) is 10.8 Å². The molecule has 0 radical (unpaired) electrons. The van der Waals surface area contributed by atoms with Crippen molar-refractivity contribution in [1.29, 1.82) is 5.41 Å². The van der Waals surface area contributed by atoms with Gasteiger partial charge < -0.3 is 10.4 Å². The smallest absolute Gasteiger partial charge is 0.245 e. The summed E-state index contributed by atoms with van der Waals surface area (Å²) in [6.45, 7) is 11.1. The fourth-order valence-electron chi connectivity index (χ4n) is 1.68. The molecule has 0 spiro atoms. The van der Waals surface area contributed by atoms with Crippen LogP contribution in [-0.2, 0) is 4.79 Å². The number of aliphatic hydroxyl groups excluding tert-OH is 1. The van der Waals surface area contributed by atoms with Crippen molar-refractivity contribution in [2.24, 2.45) is 5.41 Å². The van der Waals surface area contributed by atoms with Crippen LogP contribution >= 0.6 is 0 Å². The molecule has 0 aromatic heterocycles. The van der Waals surface area contributed by atoms with Gasteiger partial charge in [-0.25, -0.2) is 0 Å². The van der Waals surface area contributed by atoms with E-state index in [1.807, 2.05) is 34.6 Å².